The van der Waals surface area contributed by atoms with Gasteiger partial charge in [-0.15, -0.1) is 0 Å². The molecule has 1 amide bonds. The molecule has 1 aliphatic carbocycles. The van der Waals surface area contributed by atoms with Crippen molar-refractivity contribution in [2.24, 2.45) is 11.3 Å². The first-order chi connectivity index (χ1) is 7.92. The molecule has 0 aromatic carbocycles. The smallest absolute Gasteiger partial charge is 0.233 e. The summed E-state index contributed by atoms with van der Waals surface area (Å²) in [7, 11) is 0. The third-order valence-corrected chi connectivity index (χ3v) is 4.21. The second kappa shape index (κ2) is 6.39. The predicted molar refractivity (Wildman–Crippen MR) is 71.9 cm³/mol. The highest BCUT2D eigenvalue weighted by molar-refractivity contribution is 5.78. The van der Waals surface area contributed by atoms with Crippen LogP contribution in [0.4, 0.5) is 0 Å². The van der Waals surface area contributed by atoms with E-state index in [4.69, 9.17) is 0 Å². The standard InChI is InChI=1S/C14H28N2O/c1-11(2)14(3,4)10-16-13(17)9-15-12-7-5-6-8-12/h11-12,15H,5-10H2,1-4H3,(H,16,17). The zero-order valence-corrected chi connectivity index (χ0v) is 11.8. The van der Waals surface area contributed by atoms with Gasteiger partial charge in [-0.05, 0) is 24.2 Å². The van der Waals surface area contributed by atoms with E-state index < -0.39 is 0 Å². The molecule has 0 bridgehead atoms. The molecule has 1 fully saturated rings. The minimum Gasteiger partial charge on any atom is -0.354 e. The Morgan fingerprint density at radius 1 is 1.29 bits per heavy atom. The molecule has 0 aromatic rings. The van der Waals surface area contributed by atoms with E-state index >= 15 is 0 Å². The van der Waals surface area contributed by atoms with Crippen LogP contribution in [-0.2, 0) is 4.79 Å². The van der Waals surface area contributed by atoms with Gasteiger partial charge in [0, 0.05) is 12.6 Å². The van der Waals surface area contributed by atoms with Crippen molar-refractivity contribution in [1.82, 2.24) is 10.6 Å². The predicted octanol–water partition coefficient (Wildman–Crippen LogP) is 2.32. The summed E-state index contributed by atoms with van der Waals surface area (Å²) < 4.78 is 0. The molecule has 0 unspecified atom stereocenters. The SMILES string of the molecule is CC(C)C(C)(C)CNC(=O)CNC1CCCC1. The lowest BCUT2D eigenvalue weighted by atomic mass is 9.81. The van der Waals surface area contributed by atoms with Crippen molar-refractivity contribution in [1.29, 1.82) is 0 Å². The van der Waals surface area contributed by atoms with Gasteiger partial charge in [-0.1, -0.05) is 40.5 Å². The molecule has 0 radical (unpaired) electrons. The quantitative estimate of drug-likeness (QED) is 0.748. The Kier molecular flexibility index (Phi) is 5.44. The summed E-state index contributed by atoms with van der Waals surface area (Å²) in [5.74, 6) is 0.705. The van der Waals surface area contributed by atoms with E-state index in [1.54, 1.807) is 0 Å². The van der Waals surface area contributed by atoms with E-state index in [9.17, 15) is 4.79 Å². The molecule has 3 nitrogen and oxygen atoms in total. The maximum absolute atomic E-state index is 11.7. The lowest BCUT2D eigenvalue weighted by molar-refractivity contribution is -0.120. The van der Waals surface area contributed by atoms with Crippen molar-refractivity contribution in [2.75, 3.05) is 13.1 Å². The van der Waals surface area contributed by atoms with Gasteiger partial charge in [0.25, 0.3) is 0 Å². The van der Waals surface area contributed by atoms with Crippen LogP contribution in [0.5, 0.6) is 0 Å². The Balaban J connectivity index is 2.16. The van der Waals surface area contributed by atoms with Gasteiger partial charge in [-0.25, -0.2) is 0 Å². The molecule has 0 aromatic heterocycles. The van der Waals surface area contributed by atoms with Crippen molar-refractivity contribution in [3.05, 3.63) is 0 Å². The average molecular weight is 240 g/mol. The fraction of sp³-hybridized carbons (Fsp3) is 0.929. The highest BCUT2D eigenvalue weighted by atomic mass is 16.1. The molecule has 3 heteroatoms. The monoisotopic (exact) mass is 240 g/mol. The molecule has 2 N–H and O–H groups in total. The molecule has 1 aliphatic rings. The summed E-state index contributed by atoms with van der Waals surface area (Å²) in [4.78, 5) is 11.7. The Hall–Kier alpha value is -0.570. The van der Waals surface area contributed by atoms with Gasteiger partial charge in [0.1, 0.15) is 0 Å². The molecule has 1 saturated carbocycles. The van der Waals surface area contributed by atoms with E-state index in [0.717, 1.165) is 6.54 Å². The van der Waals surface area contributed by atoms with Crippen LogP contribution in [0, 0.1) is 11.3 Å². The normalized spacial score (nSPS) is 17.7. The van der Waals surface area contributed by atoms with Crippen molar-refractivity contribution in [3.63, 3.8) is 0 Å². The van der Waals surface area contributed by atoms with Gasteiger partial charge in [0.15, 0.2) is 0 Å². The zero-order valence-electron chi connectivity index (χ0n) is 11.8. The number of nitrogens with one attached hydrogen (secondary N) is 2. The van der Waals surface area contributed by atoms with Crippen LogP contribution in [-0.4, -0.2) is 25.0 Å². The van der Waals surface area contributed by atoms with Crippen LogP contribution in [0.2, 0.25) is 0 Å². The lowest BCUT2D eigenvalue weighted by Crippen LogP contribution is -2.42. The molecule has 100 valence electrons. The third kappa shape index (κ3) is 5.07. The van der Waals surface area contributed by atoms with Gasteiger partial charge in [-0.3, -0.25) is 4.79 Å². The van der Waals surface area contributed by atoms with Crippen molar-refractivity contribution in [3.8, 4) is 0 Å². The number of hydrogen-bond acceptors (Lipinski definition) is 2. The maximum atomic E-state index is 11.7. The first kappa shape index (κ1) is 14.5. The number of amides is 1. The molecule has 0 saturated heterocycles. The molecule has 0 spiro atoms. The van der Waals surface area contributed by atoms with Gasteiger partial charge >= 0.3 is 0 Å². The van der Waals surface area contributed by atoms with Crippen LogP contribution in [0.1, 0.15) is 53.4 Å². The van der Waals surface area contributed by atoms with Crippen LogP contribution in [0.25, 0.3) is 0 Å². The Morgan fingerprint density at radius 3 is 2.41 bits per heavy atom. The number of hydrogen-bond donors (Lipinski definition) is 2. The van der Waals surface area contributed by atoms with E-state index in [0.29, 0.717) is 18.5 Å². The van der Waals surface area contributed by atoms with Crippen LogP contribution in [0.15, 0.2) is 0 Å². The maximum Gasteiger partial charge on any atom is 0.233 e. The molecule has 1 rings (SSSR count). The average Bonchev–Trinajstić information content (AvgIpc) is 2.76. The summed E-state index contributed by atoms with van der Waals surface area (Å²) in [6, 6.07) is 0.568. The second-order valence-corrected chi connectivity index (χ2v) is 6.28. The Morgan fingerprint density at radius 2 is 1.88 bits per heavy atom. The number of carbonyl (C=O) groups excluding carboxylic acids is 1. The molecule has 0 aliphatic heterocycles. The number of carbonyl (C=O) groups is 1. The molecule has 0 atom stereocenters. The zero-order chi connectivity index (χ0) is 12.9. The van der Waals surface area contributed by atoms with Gasteiger partial charge in [0.05, 0.1) is 6.54 Å². The van der Waals surface area contributed by atoms with Gasteiger partial charge < -0.3 is 10.6 Å². The fourth-order valence-corrected chi connectivity index (χ4v) is 1.96. The highest BCUT2D eigenvalue weighted by Gasteiger charge is 2.23. The molecular weight excluding hydrogens is 212 g/mol. The minimum absolute atomic E-state index is 0.130. The lowest BCUT2D eigenvalue weighted by Gasteiger charge is -2.29. The third-order valence-electron chi connectivity index (χ3n) is 4.21. The van der Waals surface area contributed by atoms with Crippen LogP contribution in [0.3, 0.4) is 0 Å². The van der Waals surface area contributed by atoms with Gasteiger partial charge in [-0.2, -0.15) is 0 Å². The highest BCUT2D eigenvalue weighted by Crippen LogP contribution is 2.24. The second-order valence-electron chi connectivity index (χ2n) is 6.28. The van der Waals surface area contributed by atoms with Crippen LogP contribution < -0.4 is 10.6 Å². The molecular formula is C14H28N2O. The van der Waals surface area contributed by atoms with E-state index in [1.165, 1.54) is 25.7 Å². The van der Waals surface area contributed by atoms with E-state index in [2.05, 4.69) is 38.3 Å². The summed E-state index contributed by atoms with van der Waals surface area (Å²) in [5.41, 5.74) is 0.170. The summed E-state index contributed by atoms with van der Waals surface area (Å²) in [6.45, 7) is 10.0. The fourth-order valence-electron chi connectivity index (χ4n) is 1.96. The topological polar surface area (TPSA) is 41.1 Å². The number of rotatable bonds is 6. The van der Waals surface area contributed by atoms with Crippen molar-refractivity contribution < 1.29 is 4.79 Å². The largest absolute Gasteiger partial charge is 0.354 e. The van der Waals surface area contributed by atoms with E-state index in [-0.39, 0.29) is 11.3 Å². The minimum atomic E-state index is 0.130. The molecule has 0 heterocycles. The van der Waals surface area contributed by atoms with Gasteiger partial charge in [0.2, 0.25) is 5.91 Å². The first-order valence-corrected chi connectivity index (χ1v) is 6.92. The first-order valence-electron chi connectivity index (χ1n) is 6.92. The Labute approximate surface area is 106 Å². The summed E-state index contributed by atoms with van der Waals surface area (Å²) in [5, 5.41) is 6.36. The van der Waals surface area contributed by atoms with E-state index in [1.807, 2.05) is 0 Å². The van der Waals surface area contributed by atoms with Crippen molar-refractivity contribution in [2.45, 2.75) is 59.4 Å². The Bertz CT molecular complexity index is 243. The van der Waals surface area contributed by atoms with Crippen LogP contribution >= 0.6 is 0 Å². The van der Waals surface area contributed by atoms with Crippen molar-refractivity contribution >= 4 is 5.91 Å². The summed E-state index contributed by atoms with van der Waals surface area (Å²) in [6.07, 6.45) is 5.06. The summed E-state index contributed by atoms with van der Waals surface area (Å²) >= 11 is 0. The molecule has 17 heavy (non-hydrogen) atoms.